The number of nitrogens with one attached hydrogen (secondary N) is 2. The molecule has 1 rings (SSSR count). The average Bonchev–Trinajstić information content (AvgIpc) is 2.71. The van der Waals surface area contributed by atoms with Crippen LogP contribution in [0.3, 0.4) is 0 Å². The molecule has 2 N–H and O–H groups in total. The highest BCUT2D eigenvalue weighted by Crippen LogP contribution is 2.33. The summed E-state index contributed by atoms with van der Waals surface area (Å²) in [7, 11) is 1.85. The van der Waals surface area contributed by atoms with Crippen molar-refractivity contribution in [3.8, 4) is 0 Å². The first-order valence-electron chi connectivity index (χ1n) is 4.20. The molecule has 0 radical (unpaired) electrons. The highest BCUT2D eigenvalue weighted by Gasteiger charge is 2.23. The molecule has 3 heteroatoms. The summed E-state index contributed by atoms with van der Waals surface area (Å²) in [5, 5.41) is 6.89. The molecule has 11 heavy (non-hydrogen) atoms. The Bertz CT molecular complexity index is 143. The molecule has 0 heterocycles. The van der Waals surface area contributed by atoms with Crippen molar-refractivity contribution in [3.05, 3.63) is 0 Å². The molecule has 1 aliphatic carbocycles. The van der Waals surface area contributed by atoms with Gasteiger partial charge in [0.25, 0.3) is 0 Å². The maximum Gasteiger partial charge on any atom is 0.166 e. The lowest BCUT2D eigenvalue weighted by Crippen LogP contribution is -2.38. The number of hydrogen-bond donors (Lipinski definition) is 2. The summed E-state index contributed by atoms with van der Waals surface area (Å²) in [5.74, 6) is 0.970. The highest BCUT2D eigenvalue weighted by molar-refractivity contribution is 7.80. The summed E-state index contributed by atoms with van der Waals surface area (Å²) in [6.07, 6.45) is 4.10. The summed E-state index contributed by atoms with van der Waals surface area (Å²) < 4.78 is 0. The van der Waals surface area contributed by atoms with Gasteiger partial charge in [0.2, 0.25) is 0 Å². The fourth-order valence-corrected chi connectivity index (χ4v) is 1.41. The SMILES string of the molecule is CNC(=S)NC(C)CC1CC1. The lowest BCUT2D eigenvalue weighted by Gasteiger charge is -2.14. The largest absolute Gasteiger partial charge is 0.366 e. The van der Waals surface area contributed by atoms with Gasteiger partial charge in [-0.3, -0.25) is 0 Å². The fraction of sp³-hybridized carbons (Fsp3) is 0.875. The summed E-state index contributed by atoms with van der Waals surface area (Å²) in [6, 6.07) is 0.530. The van der Waals surface area contributed by atoms with E-state index in [0.717, 1.165) is 11.0 Å². The molecular weight excluding hydrogens is 156 g/mol. The highest BCUT2D eigenvalue weighted by atomic mass is 32.1. The van der Waals surface area contributed by atoms with Crippen molar-refractivity contribution in [2.75, 3.05) is 7.05 Å². The van der Waals surface area contributed by atoms with Gasteiger partial charge in [-0.2, -0.15) is 0 Å². The first kappa shape index (κ1) is 8.78. The van der Waals surface area contributed by atoms with Crippen LogP contribution in [0.25, 0.3) is 0 Å². The Labute approximate surface area is 73.7 Å². The van der Waals surface area contributed by atoms with Crippen molar-refractivity contribution in [2.45, 2.75) is 32.2 Å². The van der Waals surface area contributed by atoms with E-state index in [1.54, 1.807) is 0 Å². The number of thiocarbonyl (C=S) groups is 1. The second kappa shape index (κ2) is 3.90. The van der Waals surface area contributed by atoms with Gasteiger partial charge >= 0.3 is 0 Å². The van der Waals surface area contributed by atoms with Gasteiger partial charge in [0.15, 0.2) is 5.11 Å². The zero-order valence-electron chi connectivity index (χ0n) is 7.18. The van der Waals surface area contributed by atoms with Crippen molar-refractivity contribution >= 4 is 17.3 Å². The molecule has 1 atom stereocenters. The summed E-state index contributed by atoms with van der Waals surface area (Å²) >= 11 is 4.98. The van der Waals surface area contributed by atoms with E-state index >= 15 is 0 Å². The van der Waals surface area contributed by atoms with Gasteiger partial charge in [-0.15, -0.1) is 0 Å². The molecule has 0 amide bonds. The predicted molar refractivity (Wildman–Crippen MR) is 51.6 cm³/mol. The minimum absolute atomic E-state index is 0.530. The lowest BCUT2D eigenvalue weighted by molar-refractivity contribution is 0.561. The molecule has 1 fully saturated rings. The normalized spacial score (nSPS) is 19.1. The molecule has 1 unspecified atom stereocenters. The lowest BCUT2D eigenvalue weighted by atomic mass is 10.2. The molecule has 0 aromatic rings. The van der Waals surface area contributed by atoms with E-state index < -0.39 is 0 Å². The molecule has 0 bridgehead atoms. The van der Waals surface area contributed by atoms with E-state index in [0.29, 0.717) is 6.04 Å². The Morgan fingerprint density at radius 1 is 1.64 bits per heavy atom. The first-order valence-corrected chi connectivity index (χ1v) is 4.61. The Kier molecular flexibility index (Phi) is 3.12. The van der Waals surface area contributed by atoms with Crippen molar-refractivity contribution in [3.63, 3.8) is 0 Å². The third-order valence-electron chi connectivity index (χ3n) is 1.99. The van der Waals surface area contributed by atoms with Crippen LogP contribution in [-0.2, 0) is 0 Å². The molecule has 0 saturated heterocycles. The Morgan fingerprint density at radius 3 is 2.73 bits per heavy atom. The van der Waals surface area contributed by atoms with Gasteiger partial charge in [0, 0.05) is 13.1 Å². The molecule has 0 aromatic carbocycles. The minimum Gasteiger partial charge on any atom is -0.366 e. The molecule has 0 aromatic heterocycles. The van der Waals surface area contributed by atoms with Crippen LogP contribution in [0.1, 0.15) is 26.2 Å². The molecule has 1 aliphatic rings. The van der Waals surface area contributed by atoms with E-state index in [9.17, 15) is 0 Å². The first-order chi connectivity index (χ1) is 5.22. The van der Waals surface area contributed by atoms with E-state index in [1.165, 1.54) is 19.3 Å². The maximum absolute atomic E-state index is 4.98. The smallest absolute Gasteiger partial charge is 0.166 e. The quantitative estimate of drug-likeness (QED) is 0.627. The second-order valence-corrected chi connectivity index (χ2v) is 3.71. The Morgan fingerprint density at radius 2 is 2.27 bits per heavy atom. The van der Waals surface area contributed by atoms with Crippen molar-refractivity contribution in [1.29, 1.82) is 0 Å². The van der Waals surface area contributed by atoms with Crippen LogP contribution in [-0.4, -0.2) is 18.2 Å². The van der Waals surface area contributed by atoms with Crippen molar-refractivity contribution in [1.82, 2.24) is 10.6 Å². The molecular formula is C8H16N2S. The number of hydrogen-bond acceptors (Lipinski definition) is 1. The summed E-state index contributed by atoms with van der Waals surface area (Å²) in [4.78, 5) is 0. The molecule has 64 valence electrons. The van der Waals surface area contributed by atoms with Gasteiger partial charge in [0.05, 0.1) is 0 Å². The van der Waals surface area contributed by atoms with E-state index in [2.05, 4.69) is 17.6 Å². The van der Waals surface area contributed by atoms with Gasteiger partial charge < -0.3 is 10.6 Å². The van der Waals surface area contributed by atoms with E-state index in [-0.39, 0.29) is 0 Å². The van der Waals surface area contributed by atoms with Crippen LogP contribution in [0.15, 0.2) is 0 Å². The van der Waals surface area contributed by atoms with E-state index in [1.807, 2.05) is 7.05 Å². The van der Waals surface area contributed by atoms with Gasteiger partial charge in [0.1, 0.15) is 0 Å². The Hall–Kier alpha value is -0.310. The predicted octanol–water partition coefficient (Wildman–Crippen LogP) is 1.27. The van der Waals surface area contributed by atoms with Crippen LogP contribution < -0.4 is 10.6 Å². The topological polar surface area (TPSA) is 24.1 Å². The standard InChI is InChI=1S/C8H16N2S/c1-6(5-7-3-4-7)10-8(11)9-2/h6-7H,3-5H2,1-2H3,(H2,9,10,11). The Balaban J connectivity index is 2.08. The molecule has 0 aliphatic heterocycles. The second-order valence-electron chi connectivity index (χ2n) is 3.30. The fourth-order valence-electron chi connectivity index (χ4n) is 1.21. The van der Waals surface area contributed by atoms with Crippen molar-refractivity contribution in [2.24, 2.45) is 5.92 Å². The van der Waals surface area contributed by atoms with Gasteiger partial charge in [-0.05, 0) is 31.5 Å². The van der Waals surface area contributed by atoms with E-state index in [4.69, 9.17) is 12.2 Å². The van der Waals surface area contributed by atoms with Crippen molar-refractivity contribution < 1.29 is 0 Å². The third kappa shape index (κ3) is 3.56. The van der Waals surface area contributed by atoms with Crippen LogP contribution in [0.5, 0.6) is 0 Å². The molecule has 2 nitrogen and oxygen atoms in total. The van der Waals surface area contributed by atoms with Gasteiger partial charge in [-0.25, -0.2) is 0 Å². The van der Waals surface area contributed by atoms with Gasteiger partial charge in [-0.1, -0.05) is 12.8 Å². The third-order valence-corrected chi connectivity index (χ3v) is 2.31. The monoisotopic (exact) mass is 172 g/mol. The molecule has 0 spiro atoms. The van der Waals surface area contributed by atoms with Crippen LogP contribution in [0.4, 0.5) is 0 Å². The average molecular weight is 172 g/mol. The number of rotatable bonds is 3. The molecule has 1 saturated carbocycles. The van der Waals surface area contributed by atoms with Crippen LogP contribution in [0, 0.1) is 5.92 Å². The summed E-state index contributed by atoms with van der Waals surface area (Å²) in [5.41, 5.74) is 0. The van der Waals surface area contributed by atoms with Crippen LogP contribution >= 0.6 is 12.2 Å². The van der Waals surface area contributed by atoms with Crippen LogP contribution in [0.2, 0.25) is 0 Å². The minimum atomic E-state index is 0.530. The maximum atomic E-state index is 4.98. The summed E-state index contributed by atoms with van der Waals surface area (Å²) in [6.45, 7) is 2.18. The zero-order chi connectivity index (χ0) is 8.27. The zero-order valence-corrected chi connectivity index (χ0v) is 8.00.